The minimum Gasteiger partial charge on any atom is -0.495 e. The van der Waals surface area contributed by atoms with Gasteiger partial charge in [0.1, 0.15) is 5.75 Å². The Bertz CT molecular complexity index is 586. The third-order valence-electron chi connectivity index (χ3n) is 3.94. The van der Waals surface area contributed by atoms with Gasteiger partial charge in [0.25, 0.3) is 0 Å². The lowest BCUT2D eigenvalue weighted by Crippen LogP contribution is -2.29. The maximum atomic E-state index is 12.4. The van der Waals surface area contributed by atoms with E-state index in [9.17, 15) is 9.59 Å². The van der Waals surface area contributed by atoms with Crippen LogP contribution in [0.5, 0.6) is 5.75 Å². The molecule has 2 fully saturated rings. The van der Waals surface area contributed by atoms with E-state index in [2.05, 4.69) is 21.2 Å². The number of benzene rings is 1. The van der Waals surface area contributed by atoms with Gasteiger partial charge in [-0.15, -0.1) is 0 Å². The van der Waals surface area contributed by atoms with Crippen molar-refractivity contribution in [2.75, 3.05) is 19.0 Å². The van der Waals surface area contributed by atoms with Crippen LogP contribution in [0.4, 0.5) is 5.69 Å². The summed E-state index contributed by atoms with van der Waals surface area (Å²) in [5.74, 6) is 0.304. The van der Waals surface area contributed by atoms with E-state index >= 15 is 0 Å². The fraction of sp³-hybridized carbons (Fsp3) is 0.467. The molecule has 6 heteroatoms. The molecule has 0 bridgehead atoms. The molecular weight excluding hydrogens is 336 g/mol. The van der Waals surface area contributed by atoms with Gasteiger partial charge < -0.3 is 15.0 Å². The van der Waals surface area contributed by atoms with Gasteiger partial charge in [0, 0.05) is 23.5 Å². The first-order valence-corrected chi connectivity index (χ1v) is 7.81. The number of amides is 2. The highest BCUT2D eigenvalue weighted by molar-refractivity contribution is 9.10. The molecule has 1 atom stereocenters. The molecule has 1 N–H and O–H groups in total. The first kappa shape index (κ1) is 14.4. The second-order valence-electron chi connectivity index (χ2n) is 5.51. The van der Waals surface area contributed by atoms with Crippen LogP contribution in [0.25, 0.3) is 0 Å². The molecular formula is C15H17BrN2O3. The fourth-order valence-electron chi connectivity index (χ4n) is 2.66. The van der Waals surface area contributed by atoms with E-state index in [1.807, 2.05) is 11.0 Å². The van der Waals surface area contributed by atoms with Crippen molar-refractivity contribution in [3.05, 3.63) is 22.7 Å². The van der Waals surface area contributed by atoms with Crippen LogP contribution in [0.2, 0.25) is 0 Å². The first-order valence-electron chi connectivity index (χ1n) is 7.02. The number of ether oxygens (including phenoxy) is 1. The Morgan fingerprint density at radius 1 is 1.43 bits per heavy atom. The minimum atomic E-state index is -0.276. The van der Waals surface area contributed by atoms with Crippen LogP contribution in [0.3, 0.4) is 0 Å². The van der Waals surface area contributed by atoms with Gasteiger partial charge in [0.2, 0.25) is 11.8 Å². The van der Waals surface area contributed by atoms with Crippen molar-refractivity contribution in [1.82, 2.24) is 4.90 Å². The molecule has 1 aliphatic carbocycles. The number of hydrogen-bond acceptors (Lipinski definition) is 3. The number of anilines is 1. The van der Waals surface area contributed by atoms with Crippen LogP contribution >= 0.6 is 15.9 Å². The lowest BCUT2D eigenvalue weighted by atomic mass is 10.1. The van der Waals surface area contributed by atoms with E-state index < -0.39 is 0 Å². The van der Waals surface area contributed by atoms with Gasteiger partial charge >= 0.3 is 0 Å². The monoisotopic (exact) mass is 352 g/mol. The number of hydrogen-bond donors (Lipinski definition) is 1. The van der Waals surface area contributed by atoms with E-state index in [-0.39, 0.29) is 17.7 Å². The van der Waals surface area contributed by atoms with Crippen molar-refractivity contribution >= 4 is 33.4 Å². The van der Waals surface area contributed by atoms with E-state index in [1.165, 1.54) is 0 Å². The molecule has 5 nitrogen and oxygen atoms in total. The lowest BCUT2D eigenvalue weighted by molar-refractivity contribution is -0.128. The molecule has 1 saturated heterocycles. The highest BCUT2D eigenvalue weighted by atomic mass is 79.9. The van der Waals surface area contributed by atoms with Gasteiger partial charge in [-0.25, -0.2) is 0 Å². The van der Waals surface area contributed by atoms with E-state index in [4.69, 9.17) is 4.74 Å². The number of likely N-dealkylation sites (tertiary alicyclic amines) is 1. The highest BCUT2D eigenvalue weighted by Gasteiger charge is 2.41. The van der Waals surface area contributed by atoms with Crippen LogP contribution in [0.1, 0.15) is 19.3 Å². The molecule has 1 unspecified atom stereocenters. The average Bonchev–Trinajstić information content (AvgIpc) is 3.22. The van der Waals surface area contributed by atoms with E-state index in [1.54, 1.807) is 19.2 Å². The second kappa shape index (κ2) is 5.67. The van der Waals surface area contributed by atoms with Crippen molar-refractivity contribution in [3.8, 4) is 5.75 Å². The van der Waals surface area contributed by atoms with Crippen molar-refractivity contribution in [2.45, 2.75) is 25.3 Å². The number of rotatable bonds is 4. The summed E-state index contributed by atoms with van der Waals surface area (Å²) in [7, 11) is 1.56. The first-order chi connectivity index (χ1) is 10.1. The molecule has 0 aromatic heterocycles. The normalized spacial score (nSPS) is 21.5. The molecule has 2 amide bonds. The Morgan fingerprint density at radius 3 is 2.86 bits per heavy atom. The van der Waals surface area contributed by atoms with Crippen LogP contribution in [0, 0.1) is 5.92 Å². The van der Waals surface area contributed by atoms with Crippen molar-refractivity contribution in [3.63, 3.8) is 0 Å². The third-order valence-corrected chi connectivity index (χ3v) is 4.43. The number of nitrogens with one attached hydrogen (secondary N) is 1. The standard InChI is InChI=1S/C15H17BrN2O3/c1-21-13-5-2-10(16)7-12(13)17-15(20)9-6-14(19)18(8-9)11-3-4-11/h2,5,7,9,11H,3-4,6,8H2,1H3,(H,17,20). The maximum absolute atomic E-state index is 12.4. The minimum absolute atomic E-state index is 0.0962. The smallest absolute Gasteiger partial charge is 0.229 e. The summed E-state index contributed by atoms with van der Waals surface area (Å²) < 4.78 is 6.10. The largest absolute Gasteiger partial charge is 0.495 e. The van der Waals surface area contributed by atoms with Crippen LogP contribution < -0.4 is 10.1 Å². The maximum Gasteiger partial charge on any atom is 0.229 e. The summed E-state index contributed by atoms with van der Waals surface area (Å²) in [5, 5.41) is 2.87. The summed E-state index contributed by atoms with van der Waals surface area (Å²) >= 11 is 3.38. The third kappa shape index (κ3) is 3.05. The summed E-state index contributed by atoms with van der Waals surface area (Å²) in [5.41, 5.74) is 0.620. The molecule has 1 aromatic carbocycles. The molecule has 21 heavy (non-hydrogen) atoms. The summed E-state index contributed by atoms with van der Waals surface area (Å²) in [6.07, 6.45) is 2.44. The number of carbonyl (C=O) groups is 2. The Kier molecular flexibility index (Phi) is 3.89. The predicted molar refractivity (Wildman–Crippen MR) is 82.2 cm³/mol. The molecule has 2 aliphatic rings. The molecule has 0 radical (unpaired) electrons. The Labute approximate surface area is 131 Å². The fourth-order valence-corrected chi connectivity index (χ4v) is 3.02. The number of carbonyl (C=O) groups excluding carboxylic acids is 2. The zero-order valence-corrected chi connectivity index (χ0v) is 13.4. The summed E-state index contributed by atoms with van der Waals surface area (Å²) in [6.45, 7) is 0.533. The Balaban J connectivity index is 1.69. The lowest BCUT2D eigenvalue weighted by Gasteiger charge is -2.16. The van der Waals surface area contributed by atoms with Crippen LogP contribution in [0.15, 0.2) is 22.7 Å². The topological polar surface area (TPSA) is 58.6 Å². The van der Waals surface area contributed by atoms with Crippen molar-refractivity contribution in [2.24, 2.45) is 5.92 Å². The SMILES string of the molecule is COc1ccc(Br)cc1NC(=O)C1CC(=O)N(C2CC2)C1. The molecule has 1 aromatic rings. The van der Waals surface area contributed by atoms with Gasteiger partial charge in [-0.1, -0.05) is 15.9 Å². The summed E-state index contributed by atoms with van der Waals surface area (Å²) in [4.78, 5) is 26.1. The van der Waals surface area contributed by atoms with Gasteiger partial charge in [-0.2, -0.15) is 0 Å². The number of nitrogens with zero attached hydrogens (tertiary/aromatic N) is 1. The Hall–Kier alpha value is -1.56. The zero-order chi connectivity index (χ0) is 15.0. The molecule has 3 rings (SSSR count). The average molecular weight is 353 g/mol. The molecule has 1 aliphatic heterocycles. The van der Waals surface area contributed by atoms with Crippen molar-refractivity contribution < 1.29 is 14.3 Å². The zero-order valence-electron chi connectivity index (χ0n) is 11.8. The number of methoxy groups -OCH3 is 1. The van der Waals surface area contributed by atoms with Crippen LogP contribution in [-0.2, 0) is 9.59 Å². The Morgan fingerprint density at radius 2 is 2.19 bits per heavy atom. The summed E-state index contributed by atoms with van der Waals surface area (Å²) in [6, 6.07) is 5.81. The molecule has 1 saturated carbocycles. The van der Waals surface area contributed by atoms with Gasteiger partial charge in [-0.05, 0) is 31.0 Å². The van der Waals surface area contributed by atoms with Gasteiger partial charge in [-0.3, -0.25) is 9.59 Å². The highest BCUT2D eigenvalue weighted by Crippen LogP contribution is 2.34. The quantitative estimate of drug-likeness (QED) is 0.905. The van der Waals surface area contributed by atoms with E-state index in [0.717, 1.165) is 17.3 Å². The molecule has 112 valence electrons. The van der Waals surface area contributed by atoms with E-state index in [0.29, 0.717) is 30.4 Å². The predicted octanol–water partition coefficient (Wildman–Crippen LogP) is 2.41. The van der Waals surface area contributed by atoms with Gasteiger partial charge in [0.05, 0.1) is 18.7 Å². The molecule has 0 spiro atoms. The molecule has 1 heterocycles. The number of halogens is 1. The second-order valence-corrected chi connectivity index (χ2v) is 6.43. The van der Waals surface area contributed by atoms with Crippen molar-refractivity contribution in [1.29, 1.82) is 0 Å². The van der Waals surface area contributed by atoms with Crippen LogP contribution in [-0.4, -0.2) is 36.4 Å². The van der Waals surface area contributed by atoms with Gasteiger partial charge in [0.15, 0.2) is 0 Å².